The van der Waals surface area contributed by atoms with Gasteiger partial charge in [0.1, 0.15) is 17.4 Å². The predicted octanol–water partition coefficient (Wildman–Crippen LogP) is 4.17. The van der Waals surface area contributed by atoms with Crippen molar-refractivity contribution in [3.05, 3.63) is 63.5 Å². The molecule has 9 heteroatoms. The lowest BCUT2D eigenvalue weighted by Crippen LogP contribution is -2.21. The van der Waals surface area contributed by atoms with E-state index in [1.807, 2.05) is 31.2 Å². The molecule has 0 saturated carbocycles. The molecule has 2 heterocycles. The van der Waals surface area contributed by atoms with E-state index in [2.05, 4.69) is 32.2 Å². The van der Waals surface area contributed by atoms with Crippen LogP contribution in [0.15, 0.2) is 52.3 Å². The van der Waals surface area contributed by atoms with Crippen molar-refractivity contribution < 1.29 is 19.3 Å². The number of rotatable bonds is 5. The van der Waals surface area contributed by atoms with Crippen LogP contribution < -0.4 is 19.9 Å². The maximum atomic E-state index is 10.3. The molecule has 0 aliphatic carbocycles. The summed E-state index contributed by atoms with van der Waals surface area (Å²) in [6.07, 6.45) is 0. The molecule has 0 bridgehead atoms. The van der Waals surface area contributed by atoms with Gasteiger partial charge in [0.15, 0.2) is 11.5 Å². The quantitative estimate of drug-likeness (QED) is 0.497. The Morgan fingerprint density at radius 2 is 2.06 bits per heavy atom. The largest absolute Gasteiger partial charge is 0.503 e. The average Bonchev–Trinajstić information content (AvgIpc) is 3.19. The van der Waals surface area contributed by atoms with Crippen LogP contribution >= 0.6 is 15.9 Å². The van der Waals surface area contributed by atoms with E-state index in [9.17, 15) is 10.4 Å². The molecule has 0 amide bonds. The van der Waals surface area contributed by atoms with Gasteiger partial charge in [0.05, 0.1) is 35.4 Å². The minimum absolute atomic E-state index is 0.0177. The molecule has 4 N–H and O–H groups in total. The highest BCUT2D eigenvalue weighted by molar-refractivity contribution is 9.10. The Labute approximate surface area is 187 Å². The fourth-order valence-corrected chi connectivity index (χ4v) is 4.04. The van der Waals surface area contributed by atoms with Gasteiger partial charge in [-0.2, -0.15) is 5.26 Å². The monoisotopic (exact) mass is 482 g/mol. The molecule has 1 aliphatic rings. The molecule has 0 radical (unpaired) electrons. The van der Waals surface area contributed by atoms with Crippen LogP contribution in [0.2, 0.25) is 0 Å². The number of H-pyrrole nitrogens is 1. The fourth-order valence-electron chi connectivity index (χ4n) is 3.58. The second kappa shape index (κ2) is 8.24. The third-order valence-corrected chi connectivity index (χ3v) is 5.61. The maximum Gasteiger partial charge on any atom is 0.244 e. The molecule has 0 unspecified atom stereocenters. The van der Waals surface area contributed by atoms with Crippen LogP contribution in [0.4, 0.5) is 0 Å². The highest BCUT2D eigenvalue weighted by Gasteiger charge is 2.36. The molecular formula is C22H19BrN4O4. The number of aromatic amines is 1. The molecule has 3 aromatic rings. The fraction of sp³-hybridized carbons (Fsp3) is 0.182. The van der Waals surface area contributed by atoms with Crippen molar-refractivity contribution in [2.75, 3.05) is 13.7 Å². The molecule has 0 saturated heterocycles. The van der Waals surface area contributed by atoms with Crippen LogP contribution in [0.1, 0.15) is 24.0 Å². The van der Waals surface area contributed by atoms with E-state index in [4.69, 9.17) is 19.9 Å². The zero-order valence-electron chi connectivity index (χ0n) is 16.8. The van der Waals surface area contributed by atoms with Crippen LogP contribution in [0.3, 0.4) is 0 Å². The summed E-state index contributed by atoms with van der Waals surface area (Å²) in [5, 5.41) is 27.5. The number of hydrogen-bond donors (Lipinski definition) is 3. The molecule has 1 aliphatic heterocycles. The number of fused-ring (bicyclic) bond motifs is 1. The van der Waals surface area contributed by atoms with Crippen molar-refractivity contribution in [1.29, 1.82) is 5.26 Å². The summed E-state index contributed by atoms with van der Waals surface area (Å²) in [5.41, 5.74) is 9.17. The SMILES string of the molecule is CCOc1cc([C@H]2C(C#N)=C(N)Oc3n[nH]c(-c4ccc(OC)cc4)c32)cc(Br)c1O. The van der Waals surface area contributed by atoms with Gasteiger partial charge in [-0.25, -0.2) is 0 Å². The van der Waals surface area contributed by atoms with Gasteiger partial charge < -0.3 is 25.1 Å². The predicted molar refractivity (Wildman–Crippen MR) is 117 cm³/mol. The van der Waals surface area contributed by atoms with Crippen LogP contribution in [0, 0.1) is 11.3 Å². The molecule has 1 aromatic heterocycles. The second-order valence-corrected chi connectivity index (χ2v) is 7.61. The number of aromatic nitrogens is 2. The van der Waals surface area contributed by atoms with E-state index in [1.54, 1.807) is 19.2 Å². The van der Waals surface area contributed by atoms with Gasteiger partial charge in [-0.3, -0.25) is 5.10 Å². The van der Waals surface area contributed by atoms with Crippen LogP contribution in [-0.2, 0) is 0 Å². The molecule has 2 aromatic carbocycles. The van der Waals surface area contributed by atoms with Crippen LogP contribution in [-0.4, -0.2) is 29.0 Å². The van der Waals surface area contributed by atoms with Gasteiger partial charge in [0, 0.05) is 5.56 Å². The number of allylic oxidation sites excluding steroid dienone is 1. The average molecular weight is 483 g/mol. The number of nitrogens with two attached hydrogens (primary N) is 1. The Bertz CT molecular complexity index is 1210. The van der Waals surface area contributed by atoms with Gasteiger partial charge in [-0.15, -0.1) is 5.10 Å². The smallest absolute Gasteiger partial charge is 0.244 e. The van der Waals surface area contributed by atoms with E-state index >= 15 is 0 Å². The number of halogens is 1. The first-order valence-electron chi connectivity index (χ1n) is 9.43. The van der Waals surface area contributed by atoms with E-state index in [0.717, 1.165) is 11.3 Å². The van der Waals surface area contributed by atoms with Crippen molar-refractivity contribution in [2.45, 2.75) is 12.8 Å². The number of phenolic OH excluding ortho intramolecular Hbond substituents is 1. The Hall–Kier alpha value is -3.64. The van der Waals surface area contributed by atoms with Crippen molar-refractivity contribution in [3.63, 3.8) is 0 Å². The minimum atomic E-state index is -0.583. The van der Waals surface area contributed by atoms with E-state index in [0.29, 0.717) is 33.6 Å². The number of ether oxygens (including phenoxy) is 3. The molecule has 158 valence electrons. The summed E-state index contributed by atoms with van der Waals surface area (Å²) in [4.78, 5) is 0. The highest BCUT2D eigenvalue weighted by atomic mass is 79.9. The topological polar surface area (TPSA) is 126 Å². The van der Waals surface area contributed by atoms with Gasteiger partial charge in [0.25, 0.3) is 0 Å². The Morgan fingerprint density at radius 1 is 1.32 bits per heavy atom. The first kappa shape index (κ1) is 20.6. The second-order valence-electron chi connectivity index (χ2n) is 6.75. The summed E-state index contributed by atoms with van der Waals surface area (Å²) in [7, 11) is 1.60. The van der Waals surface area contributed by atoms with Crippen LogP contribution in [0.25, 0.3) is 11.3 Å². The lowest BCUT2D eigenvalue weighted by atomic mass is 9.83. The number of benzene rings is 2. The third kappa shape index (κ3) is 3.55. The summed E-state index contributed by atoms with van der Waals surface area (Å²) >= 11 is 3.37. The van der Waals surface area contributed by atoms with Gasteiger partial charge in [-0.1, -0.05) is 0 Å². The summed E-state index contributed by atoms with van der Waals surface area (Å²) in [6, 6.07) is 13.0. The Balaban J connectivity index is 1.93. The molecule has 1 atom stereocenters. The number of nitrogens with one attached hydrogen (secondary N) is 1. The Kier molecular flexibility index (Phi) is 5.48. The molecule has 8 nitrogen and oxygen atoms in total. The Morgan fingerprint density at radius 3 is 2.71 bits per heavy atom. The van der Waals surface area contributed by atoms with Crippen molar-refractivity contribution in [1.82, 2.24) is 10.2 Å². The minimum Gasteiger partial charge on any atom is -0.503 e. The van der Waals surface area contributed by atoms with E-state index in [-0.39, 0.29) is 23.1 Å². The molecule has 0 fully saturated rings. The van der Waals surface area contributed by atoms with Crippen molar-refractivity contribution >= 4 is 15.9 Å². The highest BCUT2D eigenvalue weighted by Crippen LogP contribution is 2.48. The first-order chi connectivity index (χ1) is 15.0. The van der Waals surface area contributed by atoms with E-state index < -0.39 is 5.92 Å². The zero-order chi connectivity index (χ0) is 22.1. The van der Waals surface area contributed by atoms with E-state index in [1.165, 1.54) is 0 Å². The molecule has 4 rings (SSSR count). The number of methoxy groups -OCH3 is 1. The summed E-state index contributed by atoms with van der Waals surface area (Å²) < 4.78 is 16.9. The standard InChI is InChI=1S/C22H19BrN4O4/c1-3-30-16-9-12(8-15(23)20(16)28)17-14(10-24)21(25)31-22-18(17)19(26-27-22)11-4-6-13(29-2)7-5-11/h4-9,17,28H,3,25H2,1-2H3,(H,26,27)/t17-/m0/s1. The zero-order valence-corrected chi connectivity index (χ0v) is 18.4. The van der Waals surface area contributed by atoms with Gasteiger partial charge in [-0.05, 0) is 64.8 Å². The maximum absolute atomic E-state index is 10.3. The van der Waals surface area contributed by atoms with Crippen molar-refractivity contribution in [2.24, 2.45) is 5.73 Å². The van der Waals surface area contributed by atoms with Gasteiger partial charge in [0.2, 0.25) is 11.8 Å². The molecular weight excluding hydrogens is 464 g/mol. The van der Waals surface area contributed by atoms with Gasteiger partial charge >= 0.3 is 0 Å². The summed E-state index contributed by atoms with van der Waals surface area (Å²) in [5.74, 6) is 0.682. The lowest BCUT2D eigenvalue weighted by Gasteiger charge is -2.25. The summed E-state index contributed by atoms with van der Waals surface area (Å²) in [6.45, 7) is 2.19. The number of phenols is 1. The molecule has 31 heavy (non-hydrogen) atoms. The lowest BCUT2D eigenvalue weighted by molar-refractivity contribution is 0.316. The van der Waals surface area contributed by atoms with Crippen LogP contribution in [0.5, 0.6) is 23.1 Å². The van der Waals surface area contributed by atoms with Crippen molar-refractivity contribution in [3.8, 4) is 40.5 Å². The normalized spacial score (nSPS) is 15.1. The first-order valence-corrected chi connectivity index (χ1v) is 10.2. The number of hydrogen-bond acceptors (Lipinski definition) is 7. The molecule has 0 spiro atoms. The third-order valence-electron chi connectivity index (χ3n) is 5.00. The number of nitrogens with zero attached hydrogens (tertiary/aromatic N) is 2. The number of nitriles is 1. The number of aromatic hydroxyl groups is 1.